The number of esters is 3. The van der Waals surface area contributed by atoms with Gasteiger partial charge in [0.05, 0.1) is 0 Å². The van der Waals surface area contributed by atoms with Gasteiger partial charge < -0.3 is 14.2 Å². The Kier molecular flexibility index (Phi) is 42.7. The summed E-state index contributed by atoms with van der Waals surface area (Å²) in [5.74, 6) is 0.733. The molecule has 6 nitrogen and oxygen atoms in total. The molecule has 0 rings (SSSR count). The second-order valence-corrected chi connectivity index (χ2v) is 18.2. The number of rotatable bonds is 45. The van der Waals surface area contributed by atoms with Gasteiger partial charge in [-0.05, 0) is 31.1 Å². The molecule has 0 heterocycles. The smallest absolute Gasteiger partial charge is 0.306 e. The van der Waals surface area contributed by atoms with Gasteiger partial charge in [-0.3, -0.25) is 14.4 Å². The molecule has 0 radical (unpaired) electrons. The van der Waals surface area contributed by atoms with Crippen LogP contribution < -0.4 is 0 Å². The predicted molar refractivity (Wildman–Crippen MR) is 243 cm³/mol. The monoisotopic (exact) mass is 807 g/mol. The highest BCUT2D eigenvalue weighted by Crippen LogP contribution is 2.17. The molecular formula is C51H98O6. The van der Waals surface area contributed by atoms with Gasteiger partial charge in [-0.25, -0.2) is 0 Å². The van der Waals surface area contributed by atoms with Crippen molar-refractivity contribution in [1.82, 2.24) is 0 Å². The highest BCUT2D eigenvalue weighted by atomic mass is 16.6. The average Bonchev–Trinajstić information content (AvgIpc) is 3.19. The van der Waals surface area contributed by atoms with Crippen molar-refractivity contribution in [3.63, 3.8) is 0 Å². The van der Waals surface area contributed by atoms with Gasteiger partial charge in [0.1, 0.15) is 13.2 Å². The molecule has 57 heavy (non-hydrogen) atoms. The van der Waals surface area contributed by atoms with Gasteiger partial charge in [0.15, 0.2) is 6.10 Å². The molecule has 338 valence electrons. The first-order valence-corrected chi connectivity index (χ1v) is 25.3. The molecule has 0 aliphatic carbocycles. The molecule has 1 unspecified atom stereocenters. The fourth-order valence-electron chi connectivity index (χ4n) is 7.60. The molecule has 0 saturated heterocycles. The number of hydrogen-bond donors (Lipinski definition) is 0. The van der Waals surface area contributed by atoms with E-state index >= 15 is 0 Å². The minimum Gasteiger partial charge on any atom is -0.462 e. The third-order valence-corrected chi connectivity index (χ3v) is 11.8. The van der Waals surface area contributed by atoms with Gasteiger partial charge in [0.25, 0.3) is 0 Å². The van der Waals surface area contributed by atoms with E-state index in [1.54, 1.807) is 0 Å². The normalized spacial score (nSPS) is 12.5. The Hall–Kier alpha value is -1.59. The lowest BCUT2D eigenvalue weighted by atomic mass is 10.00. The molecular weight excluding hydrogens is 709 g/mol. The molecule has 6 heteroatoms. The van der Waals surface area contributed by atoms with Gasteiger partial charge in [-0.2, -0.15) is 0 Å². The Balaban J connectivity index is 4.21. The molecule has 0 aromatic rings. The Morgan fingerprint density at radius 1 is 0.368 bits per heavy atom. The number of ether oxygens (including phenoxy) is 3. The summed E-state index contributed by atoms with van der Waals surface area (Å²) in [5, 5.41) is 0. The van der Waals surface area contributed by atoms with Gasteiger partial charge >= 0.3 is 17.9 Å². The standard InChI is InChI=1S/C51H98O6/c1-6-8-9-10-11-12-13-14-15-16-17-18-19-20-21-22-25-31-36-41-49(52)55-44-48(57-51(54)43-38-33-28-27-30-35-40-47(5)7-2)45-56-50(53)42-37-32-26-23-24-29-34-39-46(3)4/h46-48H,6-45H2,1-5H3/t47?,48-/m0/s1. The van der Waals surface area contributed by atoms with Crippen molar-refractivity contribution >= 4 is 17.9 Å². The van der Waals surface area contributed by atoms with Crippen LogP contribution in [-0.2, 0) is 28.6 Å². The lowest BCUT2D eigenvalue weighted by molar-refractivity contribution is -0.167. The minimum atomic E-state index is -0.762. The topological polar surface area (TPSA) is 78.9 Å². The first kappa shape index (κ1) is 55.4. The molecule has 0 spiro atoms. The lowest BCUT2D eigenvalue weighted by Gasteiger charge is -2.18. The first-order chi connectivity index (χ1) is 27.8. The first-order valence-electron chi connectivity index (χ1n) is 25.3. The van der Waals surface area contributed by atoms with Crippen LogP contribution in [0.25, 0.3) is 0 Å². The van der Waals surface area contributed by atoms with Crippen molar-refractivity contribution in [2.45, 2.75) is 285 Å². The van der Waals surface area contributed by atoms with Crippen molar-refractivity contribution in [3.8, 4) is 0 Å². The predicted octanol–water partition coefficient (Wildman–Crippen LogP) is 16.1. The second-order valence-electron chi connectivity index (χ2n) is 18.2. The Morgan fingerprint density at radius 3 is 1.00 bits per heavy atom. The summed E-state index contributed by atoms with van der Waals surface area (Å²) >= 11 is 0. The van der Waals surface area contributed by atoms with E-state index in [-0.39, 0.29) is 31.1 Å². The average molecular weight is 807 g/mol. The van der Waals surface area contributed by atoms with Crippen molar-refractivity contribution < 1.29 is 28.6 Å². The van der Waals surface area contributed by atoms with E-state index in [9.17, 15) is 14.4 Å². The zero-order valence-corrected chi connectivity index (χ0v) is 39.0. The Morgan fingerprint density at radius 2 is 0.667 bits per heavy atom. The molecule has 0 fully saturated rings. The molecule has 0 aliphatic heterocycles. The van der Waals surface area contributed by atoms with Crippen LogP contribution in [-0.4, -0.2) is 37.2 Å². The maximum atomic E-state index is 12.7. The summed E-state index contributed by atoms with van der Waals surface area (Å²) in [6, 6.07) is 0. The zero-order chi connectivity index (χ0) is 41.9. The van der Waals surface area contributed by atoms with Crippen LogP contribution in [0.1, 0.15) is 279 Å². The number of carbonyl (C=O) groups is 3. The van der Waals surface area contributed by atoms with Crippen LogP contribution in [0.3, 0.4) is 0 Å². The highest BCUT2D eigenvalue weighted by Gasteiger charge is 2.19. The van der Waals surface area contributed by atoms with Gasteiger partial charge in [-0.15, -0.1) is 0 Å². The third-order valence-electron chi connectivity index (χ3n) is 11.8. The van der Waals surface area contributed by atoms with Crippen LogP contribution in [0.4, 0.5) is 0 Å². The minimum absolute atomic E-state index is 0.0655. The van der Waals surface area contributed by atoms with Crippen LogP contribution in [0.2, 0.25) is 0 Å². The summed E-state index contributed by atoms with van der Waals surface area (Å²) in [6.45, 7) is 11.3. The molecule has 0 aromatic heterocycles. The molecule has 0 saturated carbocycles. The van der Waals surface area contributed by atoms with Crippen molar-refractivity contribution in [1.29, 1.82) is 0 Å². The number of unbranched alkanes of at least 4 members (excludes halogenated alkanes) is 29. The molecule has 0 N–H and O–H groups in total. The van der Waals surface area contributed by atoms with E-state index in [1.807, 2.05) is 0 Å². The lowest BCUT2D eigenvalue weighted by Crippen LogP contribution is -2.30. The maximum Gasteiger partial charge on any atom is 0.306 e. The van der Waals surface area contributed by atoms with E-state index in [1.165, 1.54) is 167 Å². The van der Waals surface area contributed by atoms with E-state index in [2.05, 4.69) is 34.6 Å². The van der Waals surface area contributed by atoms with Crippen LogP contribution in [0, 0.1) is 11.8 Å². The Bertz CT molecular complexity index is 872. The third kappa shape index (κ3) is 43.8. The van der Waals surface area contributed by atoms with Gasteiger partial charge in [0, 0.05) is 19.3 Å². The summed E-state index contributed by atoms with van der Waals surface area (Å²) in [5.41, 5.74) is 0. The van der Waals surface area contributed by atoms with Crippen molar-refractivity contribution in [2.75, 3.05) is 13.2 Å². The highest BCUT2D eigenvalue weighted by molar-refractivity contribution is 5.71. The zero-order valence-electron chi connectivity index (χ0n) is 39.0. The van der Waals surface area contributed by atoms with E-state index < -0.39 is 6.10 Å². The van der Waals surface area contributed by atoms with Gasteiger partial charge in [-0.1, -0.05) is 240 Å². The summed E-state index contributed by atoms with van der Waals surface area (Å²) in [4.78, 5) is 37.8. The van der Waals surface area contributed by atoms with Crippen molar-refractivity contribution in [2.24, 2.45) is 11.8 Å². The summed E-state index contributed by atoms with van der Waals surface area (Å²) in [7, 11) is 0. The van der Waals surface area contributed by atoms with E-state index in [4.69, 9.17) is 14.2 Å². The fraction of sp³-hybridized carbons (Fsp3) is 0.941. The van der Waals surface area contributed by atoms with E-state index in [0.717, 1.165) is 69.6 Å². The number of hydrogen-bond acceptors (Lipinski definition) is 6. The SMILES string of the molecule is CCCCCCCCCCCCCCCCCCCCCC(=O)OC[C@@H](COC(=O)CCCCCCCCCC(C)C)OC(=O)CCCCCCCCC(C)CC. The summed E-state index contributed by atoms with van der Waals surface area (Å²) in [6.07, 6.45) is 43.9. The maximum absolute atomic E-state index is 12.7. The largest absolute Gasteiger partial charge is 0.462 e. The summed E-state index contributed by atoms with van der Waals surface area (Å²) < 4.78 is 16.7. The van der Waals surface area contributed by atoms with E-state index in [0.29, 0.717) is 19.3 Å². The Labute approximate surface area is 355 Å². The number of carbonyl (C=O) groups excluding carboxylic acids is 3. The van der Waals surface area contributed by atoms with Crippen molar-refractivity contribution in [3.05, 3.63) is 0 Å². The molecule has 0 aliphatic rings. The van der Waals surface area contributed by atoms with Gasteiger partial charge in [0.2, 0.25) is 0 Å². The fourth-order valence-corrected chi connectivity index (χ4v) is 7.60. The molecule has 2 atom stereocenters. The van der Waals surface area contributed by atoms with Crippen LogP contribution >= 0.6 is 0 Å². The van der Waals surface area contributed by atoms with Crippen LogP contribution in [0.15, 0.2) is 0 Å². The molecule has 0 amide bonds. The quantitative estimate of drug-likeness (QED) is 0.0346. The second kappa shape index (κ2) is 44.0. The molecule has 0 bridgehead atoms. The van der Waals surface area contributed by atoms with Crippen LogP contribution in [0.5, 0.6) is 0 Å². The molecule has 0 aromatic carbocycles.